The van der Waals surface area contributed by atoms with Crippen molar-refractivity contribution < 1.29 is 0 Å². The molecule has 0 N–H and O–H groups in total. The fourth-order valence-electron chi connectivity index (χ4n) is 3.67. The number of rotatable bonds is 17. The Morgan fingerprint density at radius 1 is 0.375 bits per heavy atom. The average molecular weight is 439 g/mol. The maximum absolute atomic E-state index is 2.45. The van der Waals surface area contributed by atoms with Crippen molar-refractivity contribution >= 4 is 0 Å². The van der Waals surface area contributed by atoms with Gasteiger partial charge >= 0.3 is 0 Å². The summed E-state index contributed by atoms with van der Waals surface area (Å²) in [6.45, 7) is 18.0. The van der Waals surface area contributed by atoms with Gasteiger partial charge in [0.25, 0.3) is 0 Å². The summed E-state index contributed by atoms with van der Waals surface area (Å²) < 4.78 is 0. The van der Waals surface area contributed by atoms with Gasteiger partial charge in [-0.3, -0.25) is 0 Å². The summed E-state index contributed by atoms with van der Waals surface area (Å²) in [7, 11) is 0. The Morgan fingerprint density at radius 2 is 0.625 bits per heavy atom. The van der Waals surface area contributed by atoms with E-state index in [-0.39, 0.29) is 0 Å². The molecule has 0 heteroatoms. The zero-order valence-electron chi connectivity index (χ0n) is 22.9. The molecular weight excluding hydrogens is 384 g/mol. The molecular formula is C32H54. The normalized spacial score (nSPS) is 14.2. The Balaban J connectivity index is 4.10. The Labute approximate surface area is 202 Å². The van der Waals surface area contributed by atoms with Crippen LogP contribution < -0.4 is 0 Å². The molecule has 0 bridgehead atoms. The monoisotopic (exact) mass is 438 g/mol. The van der Waals surface area contributed by atoms with Crippen LogP contribution in [0.1, 0.15) is 132 Å². The molecule has 0 unspecified atom stereocenters. The van der Waals surface area contributed by atoms with Gasteiger partial charge < -0.3 is 0 Å². The summed E-state index contributed by atoms with van der Waals surface area (Å²) in [5.41, 5.74) is 9.11. The highest BCUT2D eigenvalue weighted by atomic mass is 14.0. The number of allylic oxidation sites excluding steroid dienone is 12. The number of hydrogen-bond donors (Lipinski definition) is 0. The fraction of sp³-hybridized carbons (Fsp3) is 0.625. The van der Waals surface area contributed by atoms with Gasteiger partial charge in [-0.2, -0.15) is 0 Å². The van der Waals surface area contributed by atoms with Crippen molar-refractivity contribution in [1.82, 2.24) is 0 Å². The third-order valence-electron chi connectivity index (χ3n) is 6.00. The van der Waals surface area contributed by atoms with Crippen LogP contribution in [-0.2, 0) is 0 Å². The van der Waals surface area contributed by atoms with Gasteiger partial charge in [-0.1, -0.05) is 83.2 Å². The summed E-state index contributed by atoms with van der Waals surface area (Å²) in [6.07, 6.45) is 28.9. The van der Waals surface area contributed by atoms with Crippen LogP contribution in [0.15, 0.2) is 69.9 Å². The van der Waals surface area contributed by atoms with Gasteiger partial charge in [0.05, 0.1) is 0 Å². The first-order valence-electron chi connectivity index (χ1n) is 13.2. The minimum absolute atomic E-state index is 1.18. The Kier molecular flexibility index (Phi) is 19.1. The van der Waals surface area contributed by atoms with Crippen LogP contribution in [0.25, 0.3) is 0 Å². The topological polar surface area (TPSA) is 0 Å². The Hall–Kier alpha value is -1.56. The van der Waals surface area contributed by atoms with Gasteiger partial charge in [0.15, 0.2) is 0 Å². The van der Waals surface area contributed by atoms with Gasteiger partial charge in [-0.25, -0.2) is 0 Å². The van der Waals surface area contributed by atoms with E-state index in [0.29, 0.717) is 0 Å². The zero-order valence-corrected chi connectivity index (χ0v) is 22.9. The van der Waals surface area contributed by atoms with Gasteiger partial charge in [0.1, 0.15) is 0 Å². The minimum Gasteiger partial charge on any atom is -0.0856 e. The van der Waals surface area contributed by atoms with E-state index in [2.05, 4.69) is 91.8 Å². The molecule has 0 aliphatic rings. The SMILES string of the molecule is CCC/C=C(\C)CC/C=C(\C)CC/C=C(\C)CC/C=C(\C)CC/C=C(\C)CCC=C(C)C. The van der Waals surface area contributed by atoms with Crippen LogP contribution in [0.5, 0.6) is 0 Å². The molecule has 0 aromatic heterocycles. The van der Waals surface area contributed by atoms with Crippen molar-refractivity contribution in [2.75, 3.05) is 0 Å². The van der Waals surface area contributed by atoms with E-state index < -0.39 is 0 Å². The lowest BCUT2D eigenvalue weighted by Crippen LogP contribution is -1.83. The van der Waals surface area contributed by atoms with Crippen molar-refractivity contribution in [2.24, 2.45) is 0 Å². The molecule has 0 aromatic carbocycles. The van der Waals surface area contributed by atoms with Crippen LogP contribution in [0.4, 0.5) is 0 Å². The highest BCUT2D eigenvalue weighted by molar-refractivity contribution is 5.08. The third-order valence-corrected chi connectivity index (χ3v) is 6.00. The molecule has 0 radical (unpaired) electrons. The molecule has 0 aliphatic heterocycles. The van der Waals surface area contributed by atoms with Gasteiger partial charge in [0, 0.05) is 0 Å². The molecule has 0 heterocycles. The predicted molar refractivity (Wildman–Crippen MR) is 149 cm³/mol. The summed E-state index contributed by atoms with van der Waals surface area (Å²) in [5.74, 6) is 0. The van der Waals surface area contributed by atoms with Gasteiger partial charge in [-0.05, 0) is 119 Å². The molecule has 0 amide bonds. The summed E-state index contributed by atoms with van der Waals surface area (Å²) in [5, 5.41) is 0. The van der Waals surface area contributed by atoms with Crippen LogP contribution in [0, 0.1) is 0 Å². The molecule has 0 nitrogen and oxygen atoms in total. The van der Waals surface area contributed by atoms with Crippen molar-refractivity contribution in [3.8, 4) is 0 Å². The molecule has 32 heavy (non-hydrogen) atoms. The third kappa shape index (κ3) is 20.3. The molecule has 0 rings (SSSR count). The van der Waals surface area contributed by atoms with E-state index in [0.717, 1.165) is 0 Å². The number of unbranched alkanes of at least 4 members (excludes halogenated alkanes) is 1. The maximum atomic E-state index is 2.45. The predicted octanol–water partition coefficient (Wildman–Crippen LogP) is 11.4. The highest BCUT2D eigenvalue weighted by Gasteiger charge is 1.95. The van der Waals surface area contributed by atoms with E-state index in [9.17, 15) is 0 Å². The second-order valence-electron chi connectivity index (χ2n) is 10.0. The Morgan fingerprint density at radius 3 is 0.875 bits per heavy atom. The van der Waals surface area contributed by atoms with E-state index in [4.69, 9.17) is 0 Å². The van der Waals surface area contributed by atoms with Crippen molar-refractivity contribution in [3.05, 3.63) is 69.9 Å². The molecule has 0 saturated carbocycles. The zero-order chi connectivity index (χ0) is 24.2. The first kappa shape index (κ1) is 30.4. The fourth-order valence-corrected chi connectivity index (χ4v) is 3.67. The van der Waals surface area contributed by atoms with E-state index in [1.807, 2.05) is 0 Å². The van der Waals surface area contributed by atoms with Crippen LogP contribution >= 0.6 is 0 Å². The van der Waals surface area contributed by atoms with E-state index in [1.54, 1.807) is 5.57 Å². The molecule has 0 atom stereocenters. The molecule has 0 spiro atoms. The van der Waals surface area contributed by atoms with Gasteiger partial charge in [-0.15, -0.1) is 0 Å². The smallest absolute Gasteiger partial charge is 0.0288 e. The van der Waals surface area contributed by atoms with Crippen molar-refractivity contribution in [3.63, 3.8) is 0 Å². The summed E-state index contributed by atoms with van der Waals surface area (Å²) in [4.78, 5) is 0. The molecule has 182 valence electrons. The lowest BCUT2D eigenvalue weighted by atomic mass is 10.0. The first-order chi connectivity index (χ1) is 15.2. The standard InChI is InChI=1S/C32H54/c1-9-10-17-28(4)19-12-21-30(6)23-14-25-32(8)26-15-24-31(7)22-13-20-29(5)18-11-16-27(2)3/h16-17,20-21,24-25H,9-15,18-19,22-23,26H2,1-8H3/b28-17+,29-20+,30-21+,31-24+,32-25+. The van der Waals surface area contributed by atoms with E-state index >= 15 is 0 Å². The maximum Gasteiger partial charge on any atom is -0.0288 e. The lowest BCUT2D eigenvalue weighted by Gasteiger charge is -2.04. The average Bonchev–Trinajstić information content (AvgIpc) is 2.72. The van der Waals surface area contributed by atoms with E-state index in [1.165, 1.54) is 105 Å². The van der Waals surface area contributed by atoms with Crippen LogP contribution in [0.3, 0.4) is 0 Å². The quantitative estimate of drug-likeness (QED) is 0.198. The number of hydrogen-bond acceptors (Lipinski definition) is 0. The molecule has 0 aromatic rings. The van der Waals surface area contributed by atoms with Crippen LogP contribution in [0.2, 0.25) is 0 Å². The second kappa shape index (κ2) is 20.1. The largest absolute Gasteiger partial charge is 0.0856 e. The minimum atomic E-state index is 1.18. The van der Waals surface area contributed by atoms with Gasteiger partial charge in [0.2, 0.25) is 0 Å². The van der Waals surface area contributed by atoms with Crippen molar-refractivity contribution in [1.29, 1.82) is 0 Å². The van der Waals surface area contributed by atoms with Crippen LogP contribution in [-0.4, -0.2) is 0 Å². The molecule has 0 aliphatic carbocycles. The summed E-state index contributed by atoms with van der Waals surface area (Å²) in [6, 6.07) is 0. The summed E-state index contributed by atoms with van der Waals surface area (Å²) >= 11 is 0. The van der Waals surface area contributed by atoms with Crippen molar-refractivity contribution in [2.45, 2.75) is 132 Å². The first-order valence-corrected chi connectivity index (χ1v) is 13.2. The second-order valence-corrected chi connectivity index (χ2v) is 10.0. The molecule has 0 fully saturated rings. The highest BCUT2D eigenvalue weighted by Crippen LogP contribution is 2.15. The lowest BCUT2D eigenvalue weighted by molar-refractivity contribution is 0.882. The Bertz CT molecular complexity index is 669. The molecule has 0 saturated heterocycles.